The van der Waals surface area contributed by atoms with Crippen LogP contribution < -0.4 is 10.2 Å². The molecule has 0 fully saturated rings. The summed E-state index contributed by atoms with van der Waals surface area (Å²) in [5.74, 6) is -0.389. The number of carbonyl (C=O) groups is 1. The summed E-state index contributed by atoms with van der Waals surface area (Å²) in [6, 6.07) is 44.3. The van der Waals surface area contributed by atoms with Crippen LogP contribution in [0, 0.1) is 13.8 Å². The van der Waals surface area contributed by atoms with Crippen molar-refractivity contribution >= 4 is 51.6 Å². The van der Waals surface area contributed by atoms with Gasteiger partial charge in [0.05, 0.1) is 5.56 Å². The van der Waals surface area contributed by atoms with Crippen molar-refractivity contribution in [2.75, 3.05) is 10.2 Å². The molecule has 0 heterocycles. The normalized spacial score (nSPS) is 11.1. The lowest BCUT2D eigenvalue weighted by molar-refractivity contribution is 0.102. The summed E-state index contributed by atoms with van der Waals surface area (Å²) in [6.07, 6.45) is 4.13. The first-order valence-electron chi connectivity index (χ1n) is 14.3. The number of hydrogen-bond acceptors (Lipinski definition) is 3. The van der Waals surface area contributed by atoms with E-state index in [2.05, 4.69) is 103 Å². The minimum atomic E-state index is -0.350. The number of hydrogen-bond donors (Lipinski definition) is 2. The van der Waals surface area contributed by atoms with Crippen molar-refractivity contribution in [3.63, 3.8) is 0 Å². The zero-order valence-electron chi connectivity index (χ0n) is 24.2. The van der Waals surface area contributed by atoms with Crippen molar-refractivity contribution in [2.45, 2.75) is 13.8 Å². The molecular formula is C39H32N2O2. The number of amides is 1. The van der Waals surface area contributed by atoms with E-state index in [9.17, 15) is 9.90 Å². The molecule has 6 aromatic rings. The number of aromatic hydroxyl groups is 1. The summed E-state index contributed by atoms with van der Waals surface area (Å²) < 4.78 is 0. The van der Waals surface area contributed by atoms with Crippen molar-refractivity contribution in [1.29, 1.82) is 0 Å². The van der Waals surface area contributed by atoms with Gasteiger partial charge in [0, 0.05) is 22.7 Å². The van der Waals surface area contributed by atoms with E-state index < -0.39 is 0 Å². The van der Waals surface area contributed by atoms with Crippen LogP contribution in [-0.2, 0) is 0 Å². The number of benzene rings is 6. The van der Waals surface area contributed by atoms with Crippen molar-refractivity contribution in [1.82, 2.24) is 0 Å². The van der Waals surface area contributed by atoms with E-state index >= 15 is 0 Å². The Balaban J connectivity index is 1.15. The van der Waals surface area contributed by atoms with E-state index in [4.69, 9.17) is 0 Å². The monoisotopic (exact) mass is 560 g/mol. The number of nitrogens with one attached hydrogen (secondary N) is 1. The van der Waals surface area contributed by atoms with E-state index in [1.807, 2.05) is 54.6 Å². The smallest absolute Gasteiger partial charge is 0.259 e. The van der Waals surface area contributed by atoms with Gasteiger partial charge in [-0.25, -0.2) is 0 Å². The molecule has 4 nitrogen and oxygen atoms in total. The standard InChI is InChI=1S/C39H32N2O2/c1-27-7-19-34(20-8-27)41(35-21-9-28(2)10-22-35)36-23-15-30(16-24-36)12-11-29-13-17-33(18-14-29)40-39(43)37-25-31-5-3-4-6-32(31)26-38(37)42/h3-26,42H,1-2H3,(H,40,43). The number of aryl methyl sites for hydroxylation is 2. The molecule has 0 spiro atoms. The highest BCUT2D eigenvalue weighted by Gasteiger charge is 2.14. The van der Waals surface area contributed by atoms with E-state index in [0.717, 1.165) is 39.0 Å². The molecule has 0 aliphatic heterocycles. The molecule has 0 radical (unpaired) electrons. The molecule has 4 heteroatoms. The van der Waals surface area contributed by atoms with Gasteiger partial charge in [0.15, 0.2) is 0 Å². The molecule has 1 amide bonds. The average Bonchev–Trinajstić information content (AvgIpc) is 3.03. The maximum atomic E-state index is 12.9. The molecular weight excluding hydrogens is 528 g/mol. The maximum absolute atomic E-state index is 12.9. The van der Waals surface area contributed by atoms with Gasteiger partial charge in [0.25, 0.3) is 5.91 Å². The number of anilines is 4. The van der Waals surface area contributed by atoms with Crippen LogP contribution in [-0.4, -0.2) is 11.0 Å². The van der Waals surface area contributed by atoms with Crippen LogP contribution in [0.25, 0.3) is 22.9 Å². The SMILES string of the molecule is Cc1ccc(N(c2ccc(C)cc2)c2ccc(C=Cc3ccc(NC(=O)c4cc5ccccc5cc4O)cc3)cc2)cc1. The predicted octanol–water partition coefficient (Wildman–Crippen LogP) is 10.1. The summed E-state index contributed by atoms with van der Waals surface area (Å²) in [7, 11) is 0. The summed E-state index contributed by atoms with van der Waals surface area (Å²) in [5.41, 5.74) is 8.77. The summed E-state index contributed by atoms with van der Waals surface area (Å²) in [5, 5.41) is 15.1. The Hall–Kier alpha value is -5.61. The molecule has 0 bridgehead atoms. The van der Waals surface area contributed by atoms with Crippen LogP contribution in [0.2, 0.25) is 0 Å². The highest BCUT2D eigenvalue weighted by atomic mass is 16.3. The van der Waals surface area contributed by atoms with Crippen molar-refractivity contribution in [2.24, 2.45) is 0 Å². The quantitative estimate of drug-likeness (QED) is 0.191. The first-order valence-corrected chi connectivity index (χ1v) is 14.3. The first-order chi connectivity index (χ1) is 20.9. The van der Waals surface area contributed by atoms with Gasteiger partial charge >= 0.3 is 0 Å². The third-order valence-electron chi connectivity index (χ3n) is 7.48. The Labute approximate surface area is 252 Å². The summed E-state index contributed by atoms with van der Waals surface area (Å²) in [4.78, 5) is 15.1. The highest BCUT2D eigenvalue weighted by Crippen LogP contribution is 2.35. The van der Waals surface area contributed by atoms with Gasteiger partial charge in [-0.3, -0.25) is 4.79 Å². The largest absolute Gasteiger partial charge is 0.507 e. The Kier molecular flexibility index (Phi) is 7.75. The van der Waals surface area contributed by atoms with Gasteiger partial charge in [0.1, 0.15) is 5.75 Å². The van der Waals surface area contributed by atoms with Crippen LogP contribution in [0.5, 0.6) is 5.75 Å². The van der Waals surface area contributed by atoms with Crippen molar-refractivity contribution in [3.8, 4) is 5.75 Å². The van der Waals surface area contributed by atoms with Gasteiger partial charge < -0.3 is 15.3 Å². The Morgan fingerprint density at radius 3 is 1.56 bits per heavy atom. The Morgan fingerprint density at radius 1 is 0.605 bits per heavy atom. The second-order valence-corrected chi connectivity index (χ2v) is 10.7. The topological polar surface area (TPSA) is 52.6 Å². The molecule has 2 N–H and O–H groups in total. The van der Waals surface area contributed by atoms with Crippen LogP contribution >= 0.6 is 0 Å². The fourth-order valence-corrected chi connectivity index (χ4v) is 5.05. The van der Waals surface area contributed by atoms with E-state index in [0.29, 0.717) is 5.69 Å². The zero-order chi connectivity index (χ0) is 29.8. The van der Waals surface area contributed by atoms with Crippen LogP contribution in [0.4, 0.5) is 22.7 Å². The molecule has 210 valence electrons. The molecule has 6 rings (SSSR count). The number of carbonyl (C=O) groups excluding carboxylic acids is 1. The molecule has 0 aliphatic rings. The predicted molar refractivity (Wildman–Crippen MR) is 180 cm³/mol. The number of nitrogens with zero attached hydrogens (tertiary/aromatic N) is 1. The Bertz CT molecular complexity index is 1860. The zero-order valence-corrected chi connectivity index (χ0v) is 24.2. The van der Waals surface area contributed by atoms with Crippen LogP contribution in [0.1, 0.15) is 32.6 Å². The van der Waals surface area contributed by atoms with Crippen LogP contribution in [0.15, 0.2) is 133 Å². The second-order valence-electron chi connectivity index (χ2n) is 10.7. The number of rotatable bonds is 7. The highest BCUT2D eigenvalue weighted by molar-refractivity contribution is 6.08. The second kappa shape index (κ2) is 12.1. The molecule has 0 aliphatic carbocycles. The molecule has 0 saturated carbocycles. The third kappa shape index (κ3) is 6.34. The minimum absolute atomic E-state index is 0.0392. The number of phenols is 1. The summed E-state index contributed by atoms with van der Waals surface area (Å²) >= 11 is 0. The number of phenolic OH excluding ortho intramolecular Hbond substituents is 1. The average molecular weight is 561 g/mol. The molecule has 43 heavy (non-hydrogen) atoms. The van der Waals surface area contributed by atoms with Gasteiger partial charge in [-0.15, -0.1) is 0 Å². The van der Waals surface area contributed by atoms with Gasteiger partial charge in [-0.05, 0) is 96.4 Å². The number of fused-ring (bicyclic) bond motifs is 1. The summed E-state index contributed by atoms with van der Waals surface area (Å²) in [6.45, 7) is 4.20. The van der Waals surface area contributed by atoms with E-state index in [-0.39, 0.29) is 17.2 Å². The van der Waals surface area contributed by atoms with E-state index in [1.165, 1.54) is 11.1 Å². The third-order valence-corrected chi connectivity index (χ3v) is 7.48. The molecule has 0 aromatic heterocycles. The van der Waals surface area contributed by atoms with E-state index in [1.54, 1.807) is 12.1 Å². The van der Waals surface area contributed by atoms with Crippen LogP contribution in [0.3, 0.4) is 0 Å². The first kappa shape index (κ1) is 27.6. The molecule has 0 atom stereocenters. The van der Waals surface area contributed by atoms with Gasteiger partial charge in [0.2, 0.25) is 0 Å². The van der Waals surface area contributed by atoms with Gasteiger partial charge in [-0.2, -0.15) is 0 Å². The molecule has 6 aromatic carbocycles. The van der Waals surface area contributed by atoms with Crippen molar-refractivity contribution in [3.05, 3.63) is 161 Å². The van der Waals surface area contributed by atoms with Crippen molar-refractivity contribution < 1.29 is 9.90 Å². The Morgan fingerprint density at radius 2 is 1.05 bits per heavy atom. The lowest BCUT2D eigenvalue weighted by Crippen LogP contribution is -2.12. The molecule has 0 unspecified atom stereocenters. The molecule has 0 saturated heterocycles. The maximum Gasteiger partial charge on any atom is 0.259 e. The fraction of sp³-hybridized carbons (Fsp3) is 0.0513. The van der Waals surface area contributed by atoms with Gasteiger partial charge in [-0.1, -0.05) is 96.1 Å². The lowest BCUT2D eigenvalue weighted by Gasteiger charge is -2.25. The lowest BCUT2D eigenvalue weighted by atomic mass is 10.1. The fourth-order valence-electron chi connectivity index (χ4n) is 5.05. The minimum Gasteiger partial charge on any atom is -0.507 e.